The van der Waals surface area contributed by atoms with Crippen LogP contribution in [0.15, 0.2) is 12.4 Å². The van der Waals surface area contributed by atoms with Gasteiger partial charge in [-0.15, -0.1) is 0 Å². The first-order valence-corrected chi connectivity index (χ1v) is 5.02. The van der Waals surface area contributed by atoms with E-state index in [1.807, 2.05) is 0 Å². The van der Waals surface area contributed by atoms with E-state index in [1.54, 1.807) is 6.92 Å². The largest absolute Gasteiger partial charge is 0.478 e. The first-order valence-electron chi connectivity index (χ1n) is 5.02. The second kappa shape index (κ2) is 5.11. The van der Waals surface area contributed by atoms with Gasteiger partial charge >= 0.3 is 12.1 Å². The minimum Gasteiger partial charge on any atom is -0.478 e. The van der Waals surface area contributed by atoms with Crippen LogP contribution in [0.5, 0.6) is 0 Å². The van der Waals surface area contributed by atoms with Crippen LogP contribution in [0.3, 0.4) is 0 Å². The van der Waals surface area contributed by atoms with Gasteiger partial charge in [0, 0.05) is 18.9 Å². The van der Waals surface area contributed by atoms with Gasteiger partial charge in [0.05, 0.1) is 11.1 Å². The normalized spacial score (nSPS) is 11.3. The summed E-state index contributed by atoms with van der Waals surface area (Å²) in [5, 5.41) is 11.1. The molecule has 0 aliphatic heterocycles. The third-order valence-corrected chi connectivity index (χ3v) is 2.12. The highest BCUT2D eigenvalue weighted by molar-refractivity contribution is 5.89. The summed E-state index contributed by atoms with van der Waals surface area (Å²) in [4.78, 5) is 21.9. The summed E-state index contributed by atoms with van der Waals surface area (Å²) >= 11 is 0. The zero-order valence-corrected chi connectivity index (χ0v) is 9.41. The Hall–Kier alpha value is -1.99. The van der Waals surface area contributed by atoms with Crippen LogP contribution in [0.2, 0.25) is 0 Å². The highest BCUT2D eigenvalue weighted by atomic mass is 19.4. The van der Waals surface area contributed by atoms with E-state index in [0.717, 1.165) is 10.8 Å². The number of hydrogen-bond donors (Lipinski definition) is 2. The SMILES string of the molecule is CCNC(=O)Cn1cc(C(=O)O)c(C(F)(F)F)c1. The standard InChI is InChI=1S/C10H11F3N2O3/c1-2-14-8(16)5-15-3-6(9(17)18)7(4-15)10(11,12)13/h3-4H,2,5H2,1H3,(H,14,16)(H,17,18). The number of hydrogen-bond acceptors (Lipinski definition) is 2. The number of nitrogens with zero attached hydrogens (tertiary/aromatic N) is 1. The van der Waals surface area contributed by atoms with Crippen molar-refractivity contribution in [3.8, 4) is 0 Å². The molecule has 0 aliphatic rings. The lowest BCUT2D eigenvalue weighted by Crippen LogP contribution is -2.26. The molecule has 1 rings (SSSR count). The average molecular weight is 264 g/mol. The second-order valence-electron chi connectivity index (χ2n) is 3.51. The minimum absolute atomic E-state index is 0.345. The molecule has 18 heavy (non-hydrogen) atoms. The molecule has 0 bridgehead atoms. The summed E-state index contributed by atoms with van der Waals surface area (Å²) < 4.78 is 38.5. The number of alkyl halides is 3. The summed E-state index contributed by atoms with van der Waals surface area (Å²) in [5.74, 6) is -2.17. The van der Waals surface area contributed by atoms with Gasteiger partial charge in [-0.1, -0.05) is 0 Å². The summed E-state index contributed by atoms with van der Waals surface area (Å²) in [6, 6.07) is 0. The Morgan fingerprint density at radius 3 is 2.39 bits per heavy atom. The number of halogens is 3. The maximum atomic E-state index is 12.5. The van der Waals surface area contributed by atoms with E-state index in [0.29, 0.717) is 12.7 Å². The molecule has 0 aromatic carbocycles. The molecule has 0 atom stereocenters. The van der Waals surface area contributed by atoms with E-state index in [1.165, 1.54) is 0 Å². The van der Waals surface area contributed by atoms with Crippen molar-refractivity contribution in [2.45, 2.75) is 19.6 Å². The highest BCUT2D eigenvalue weighted by Crippen LogP contribution is 2.32. The number of carbonyl (C=O) groups excluding carboxylic acids is 1. The molecular formula is C10H11F3N2O3. The molecule has 0 radical (unpaired) electrons. The first kappa shape index (κ1) is 14.1. The summed E-state index contributed by atoms with van der Waals surface area (Å²) in [6.45, 7) is 1.65. The number of rotatable bonds is 4. The van der Waals surface area contributed by atoms with E-state index in [-0.39, 0.29) is 6.54 Å². The van der Waals surface area contributed by atoms with Crippen LogP contribution >= 0.6 is 0 Å². The second-order valence-corrected chi connectivity index (χ2v) is 3.51. The zero-order valence-electron chi connectivity index (χ0n) is 9.41. The molecule has 1 aromatic heterocycles. The Morgan fingerprint density at radius 2 is 2.00 bits per heavy atom. The molecule has 0 saturated heterocycles. The van der Waals surface area contributed by atoms with Crippen LogP contribution in [-0.4, -0.2) is 28.1 Å². The van der Waals surface area contributed by atoms with Gasteiger partial charge in [0.1, 0.15) is 6.54 Å². The predicted octanol–water partition coefficient (Wildman–Crippen LogP) is 1.34. The van der Waals surface area contributed by atoms with Crippen molar-refractivity contribution in [3.05, 3.63) is 23.5 Å². The first-order chi connectivity index (χ1) is 8.25. The fraction of sp³-hybridized carbons (Fsp3) is 0.400. The molecular weight excluding hydrogens is 253 g/mol. The molecule has 0 aliphatic carbocycles. The van der Waals surface area contributed by atoms with Crippen LogP contribution in [0, 0.1) is 0 Å². The van der Waals surface area contributed by atoms with Crippen molar-refractivity contribution in [2.75, 3.05) is 6.54 Å². The van der Waals surface area contributed by atoms with Gasteiger partial charge in [0.15, 0.2) is 0 Å². The lowest BCUT2D eigenvalue weighted by Gasteiger charge is -2.04. The number of carboxylic acids is 1. The van der Waals surface area contributed by atoms with Gasteiger partial charge in [-0.3, -0.25) is 4.79 Å². The molecule has 2 N–H and O–H groups in total. The van der Waals surface area contributed by atoms with Crippen LogP contribution in [0.1, 0.15) is 22.8 Å². The average Bonchev–Trinajstić information content (AvgIpc) is 2.61. The number of aromatic carboxylic acids is 1. The van der Waals surface area contributed by atoms with Gasteiger partial charge in [-0.2, -0.15) is 13.2 Å². The zero-order chi connectivity index (χ0) is 13.9. The monoisotopic (exact) mass is 264 g/mol. The predicted molar refractivity (Wildman–Crippen MR) is 55.1 cm³/mol. The van der Waals surface area contributed by atoms with Crippen LogP contribution in [-0.2, 0) is 17.5 Å². The Labute approximate surface area is 100 Å². The van der Waals surface area contributed by atoms with Gasteiger partial charge in [0.2, 0.25) is 5.91 Å². The fourth-order valence-corrected chi connectivity index (χ4v) is 1.41. The van der Waals surface area contributed by atoms with E-state index >= 15 is 0 Å². The summed E-state index contributed by atoms with van der Waals surface area (Å²) in [7, 11) is 0. The number of aromatic nitrogens is 1. The van der Waals surface area contributed by atoms with Crippen molar-refractivity contribution in [1.82, 2.24) is 9.88 Å². The molecule has 5 nitrogen and oxygen atoms in total. The van der Waals surface area contributed by atoms with Gasteiger partial charge in [-0.05, 0) is 6.92 Å². The molecule has 8 heteroatoms. The smallest absolute Gasteiger partial charge is 0.418 e. The number of carboxylic acid groups (broad SMARTS) is 1. The fourth-order valence-electron chi connectivity index (χ4n) is 1.41. The molecule has 1 aromatic rings. The maximum Gasteiger partial charge on any atom is 0.418 e. The van der Waals surface area contributed by atoms with E-state index in [2.05, 4.69) is 5.32 Å². The molecule has 0 spiro atoms. The van der Waals surface area contributed by atoms with Gasteiger partial charge < -0.3 is 15.0 Å². The summed E-state index contributed by atoms with van der Waals surface area (Å²) in [5.41, 5.74) is -2.13. The number of likely N-dealkylation sites (N-methyl/N-ethyl adjacent to an activating group) is 1. The lowest BCUT2D eigenvalue weighted by atomic mass is 10.2. The maximum absolute atomic E-state index is 12.5. The molecule has 0 fully saturated rings. The van der Waals surface area contributed by atoms with Crippen LogP contribution < -0.4 is 5.32 Å². The van der Waals surface area contributed by atoms with Gasteiger partial charge in [0.25, 0.3) is 0 Å². The third kappa shape index (κ3) is 3.25. The molecule has 0 unspecified atom stereocenters. The Balaban J connectivity index is 3.03. The molecule has 1 amide bonds. The lowest BCUT2D eigenvalue weighted by molar-refractivity contribution is -0.138. The van der Waals surface area contributed by atoms with Crippen molar-refractivity contribution in [3.63, 3.8) is 0 Å². The van der Waals surface area contributed by atoms with Gasteiger partial charge in [-0.25, -0.2) is 4.79 Å². The topological polar surface area (TPSA) is 71.3 Å². The van der Waals surface area contributed by atoms with Crippen molar-refractivity contribution in [1.29, 1.82) is 0 Å². The Morgan fingerprint density at radius 1 is 1.39 bits per heavy atom. The van der Waals surface area contributed by atoms with Crippen LogP contribution in [0.25, 0.3) is 0 Å². The molecule has 1 heterocycles. The molecule has 100 valence electrons. The quantitative estimate of drug-likeness (QED) is 0.862. The molecule has 0 saturated carbocycles. The van der Waals surface area contributed by atoms with E-state index in [4.69, 9.17) is 5.11 Å². The van der Waals surface area contributed by atoms with E-state index in [9.17, 15) is 22.8 Å². The van der Waals surface area contributed by atoms with Crippen molar-refractivity contribution >= 4 is 11.9 Å². The van der Waals surface area contributed by atoms with Crippen molar-refractivity contribution in [2.24, 2.45) is 0 Å². The summed E-state index contributed by atoms with van der Waals surface area (Å²) in [6.07, 6.45) is -3.36. The number of nitrogens with one attached hydrogen (secondary N) is 1. The minimum atomic E-state index is -4.76. The van der Waals surface area contributed by atoms with Crippen molar-refractivity contribution < 1.29 is 27.9 Å². The Kier molecular flexibility index (Phi) is 4.00. The third-order valence-electron chi connectivity index (χ3n) is 2.12. The number of carbonyl (C=O) groups is 2. The number of amides is 1. The van der Waals surface area contributed by atoms with E-state index < -0.39 is 29.2 Å². The highest BCUT2D eigenvalue weighted by Gasteiger charge is 2.37. The Bertz CT molecular complexity index is 465. The van der Waals surface area contributed by atoms with Crippen LogP contribution in [0.4, 0.5) is 13.2 Å².